The normalized spacial score (nSPS) is 10.4. The van der Waals surface area contributed by atoms with Crippen molar-refractivity contribution in [1.82, 2.24) is 10.3 Å². The summed E-state index contributed by atoms with van der Waals surface area (Å²) < 4.78 is 0. The third-order valence-corrected chi connectivity index (χ3v) is 5.41. The second-order valence-electron chi connectivity index (χ2n) is 8.07. The summed E-state index contributed by atoms with van der Waals surface area (Å²) in [6, 6.07) is 26.5. The van der Waals surface area contributed by atoms with Crippen LogP contribution in [0.3, 0.4) is 0 Å². The molecule has 0 aliphatic rings. The lowest BCUT2D eigenvalue weighted by Gasteiger charge is -2.18. The zero-order chi connectivity index (χ0) is 23.9. The second-order valence-corrected chi connectivity index (χ2v) is 8.07. The average molecular weight is 451 g/mol. The third kappa shape index (κ3) is 5.48. The van der Waals surface area contributed by atoms with Crippen molar-refractivity contribution in [3.05, 3.63) is 114 Å². The van der Waals surface area contributed by atoms with Crippen LogP contribution in [0.2, 0.25) is 0 Å². The Hall–Kier alpha value is -4.45. The summed E-state index contributed by atoms with van der Waals surface area (Å²) in [5.74, 6) is -0.463. The monoisotopic (exact) mass is 450 g/mol. The van der Waals surface area contributed by atoms with Gasteiger partial charge in [0.25, 0.3) is 11.8 Å². The molecule has 0 saturated heterocycles. The number of carbonyl (C=O) groups is 2. The first-order valence-corrected chi connectivity index (χ1v) is 11.0. The van der Waals surface area contributed by atoms with Crippen LogP contribution in [0.1, 0.15) is 26.3 Å². The predicted molar refractivity (Wildman–Crippen MR) is 136 cm³/mol. The Morgan fingerprint density at radius 2 is 1.56 bits per heavy atom. The van der Waals surface area contributed by atoms with Gasteiger partial charge in [-0.1, -0.05) is 48.5 Å². The number of aromatic nitrogens is 1. The molecule has 0 bridgehead atoms. The fraction of sp³-hybridized carbons (Fsp3) is 0.107. The first kappa shape index (κ1) is 22.7. The lowest BCUT2D eigenvalue weighted by molar-refractivity contribution is 0.0950. The molecule has 6 heteroatoms. The molecular weight excluding hydrogens is 424 g/mol. The van der Waals surface area contributed by atoms with Crippen molar-refractivity contribution >= 4 is 23.2 Å². The minimum atomic E-state index is -0.237. The van der Waals surface area contributed by atoms with Crippen molar-refractivity contribution in [2.24, 2.45) is 0 Å². The van der Waals surface area contributed by atoms with Gasteiger partial charge in [-0.15, -0.1) is 0 Å². The van der Waals surface area contributed by atoms with Gasteiger partial charge in [0.05, 0.1) is 5.56 Å². The molecule has 0 fully saturated rings. The summed E-state index contributed by atoms with van der Waals surface area (Å²) in [4.78, 5) is 31.7. The number of carbonyl (C=O) groups excluding carboxylic acids is 2. The van der Waals surface area contributed by atoms with Gasteiger partial charge in [0.15, 0.2) is 0 Å². The molecule has 0 unspecified atom stereocenters. The third-order valence-electron chi connectivity index (χ3n) is 5.41. The van der Waals surface area contributed by atoms with Crippen molar-refractivity contribution in [3.8, 4) is 11.1 Å². The van der Waals surface area contributed by atoms with Gasteiger partial charge < -0.3 is 15.5 Å². The van der Waals surface area contributed by atoms with Crippen LogP contribution in [0.5, 0.6) is 0 Å². The summed E-state index contributed by atoms with van der Waals surface area (Å²) in [7, 11) is 3.75. The van der Waals surface area contributed by atoms with Gasteiger partial charge in [-0.25, -0.2) is 0 Å². The average Bonchev–Trinajstić information content (AvgIpc) is 2.88. The summed E-state index contributed by atoms with van der Waals surface area (Å²) in [5.41, 5.74) is 5.37. The van der Waals surface area contributed by atoms with Gasteiger partial charge >= 0.3 is 0 Å². The lowest BCUT2D eigenvalue weighted by atomic mass is 10.0. The summed E-state index contributed by atoms with van der Waals surface area (Å²) in [6.07, 6.45) is 3.41. The molecule has 0 atom stereocenters. The maximum Gasteiger partial charge on any atom is 0.255 e. The number of nitrogens with one attached hydrogen (secondary N) is 2. The Kier molecular flexibility index (Phi) is 6.98. The van der Waals surface area contributed by atoms with Crippen molar-refractivity contribution < 1.29 is 9.59 Å². The molecule has 6 nitrogen and oxygen atoms in total. The fourth-order valence-electron chi connectivity index (χ4n) is 3.61. The number of rotatable bonds is 7. The van der Waals surface area contributed by atoms with Crippen LogP contribution >= 0.6 is 0 Å². The first-order valence-electron chi connectivity index (χ1n) is 11.0. The number of benzene rings is 3. The SMILES string of the molecule is CN(C)c1ccc(NC(=O)c2ccc(-c3ccccc3)cc2)cc1C(=O)NCc1cccnc1. The van der Waals surface area contributed by atoms with E-state index >= 15 is 0 Å². The number of hydrogen-bond donors (Lipinski definition) is 2. The van der Waals surface area contributed by atoms with Gasteiger partial charge in [0.1, 0.15) is 0 Å². The van der Waals surface area contributed by atoms with E-state index in [-0.39, 0.29) is 11.8 Å². The highest BCUT2D eigenvalue weighted by Crippen LogP contribution is 2.24. The Bertz CT molecular complexity index is 1270. The van der Waals surface area contributed by atoms with E-state index in [1.165, 1.54) is 0 Å². The van der Waals surface area contributed by atoms with E-state index in [1.807, 2.05) is 79.7 Å². The molecule has 1 aromatic heterocycles. The van der Waals surface area contributed by atoms with E-state index in [0.717, 1.165) is 22.4 Å². The van der Waals surface area contributed by atoms with E-state index in [4.69, 9.17) is 0 Å². The Morgan fingerprint density at radius 1 is 0.824 bits per heavy atom. The smallest absolute Gasteiger partial charge is 0.255 e. The van der Waals surface area contributed by atoms with Crippen molar-refractivity contribution in [3.63, 3.8) is 0 Å². The number of hydrogen-bond acceptors (Lipinski definition) is 4. The molecule has 34 heavy (non-hydrogen) atoms. The molecule has 2 N–H and O–H groups in total. The highest BCUT2D eigenvalue weighted by molar-refractivity contribution is 6.06. The van der Waals surface area contributed by atoms with Crippen LogP contribution < -0.4 is 15.5 Å². The highest BCUT2D eigenvalue weighted by Gasteiger charge is 2.15. The fourth-order valence-corrected chi connectivity index (χ4v) is 3.61. The molecule has 3 aromatic carbocycles. The zero-order valence-electron chi connectivity index (χ0n) is 19.2. The lowest BCUT2D eigenvalue weighted by Crippen LogP contribution is -2.25. The molecule has 1 heterocycles. The summed E-state index contributed by atoms with van der Waals surface area (Å²) >= 11 is 0. The molecule has 2 amide bonds. The zero-order valence-corrected chi connectivity index (χ0v) is 19.2. The summed E-state index contributed by atoms with van der Waals surface area (Å²) in [6.45, 7) is 0.365. The van der Waals surface area contributed by atoms with E-state index in [2.05, 4.69) is 15.6 Å². The Balaban J connectivity index is 1.49. The maximum absolute atomic E-state index is 13.0. The quantitative estimate of drug-likeness (QED) is 0.416. The largest absolute Gasteiger partial charge is 0.377 e. The van der Waals surface area contributed by atoms with E-state index < -0.39 is 0 Å². The molecular formula is C28H26N4O2. The van der Waals surface area contributed by atoms with E-state index in [1.54, 1.807) is 36.7 Å². The molecule has 4 rings (SSSR count). The van der Waals surface area contributed by atoms with Gasteiger partial charge in [0.2, 0.25) is 0 Å². The molecule has 170 valence electrons. The van der Waals surface area contributed by atoms with Crippen molar-refractivity contribution in [2.45, 2.75) is 6.54 Å². The van der Waals surface area contributed by atoms with Gasteiger partial charge in [-0.3, -0.25) is 14.6 Å². The summed E-state index contributed by atoms with van der Waals surface area (Å²) in [5, 5.41) is 5.83. The van der Waals surface area contributed by atoms with Crippen molar-refractivity contribution in [2.75, 3.05) is 24.3 Å². The minimum Gasteiger partial charge on any atom is -0.377 e. The molecule has 0 radical (unpaired) electrons. The van der Waals surface area contributed by atoms with Crippen LogP contribution in [0.25, 0.3) is 11.1 Å². The van der Waals surface area contributed by atoms with Crippen molar-refractivity contribution in [1.29, 1.82) is 0 Å². The van der Waals surface area contributed by atoms with Gasteiger partial charge in [0, 0.05) is 50.0 Å². The number of amides is 2. The molecule has 0 saturated carbocycles. The first-order chi connectivity index (χ1) is 16.5. The molecule has 4 aromatic rings. The maximum atomic E-state index is 13.0. The molecule has 0 aliphatic heterocycles. The molecule has 0 aliphatic carbocycles. The predicted octanol–water partition coefficient (Wildman–Crippen LogP) is 5.00. The van der Waals surface area contributed by atoms with Gasteiger partial charge in [-0.2, -0.15) is 0 Å². The second kappa shape index (κ2) is 10.4. The van der Waals surface area contributed by atoms with E-state index in [0.29, 0.717) is 23.4 Å². The number of anilines is 2. The Labute approximate surface area is 199 Å². The molecule has 0 spiro atoms. The minimum absolute atomic E-state index is 0.226. The van der Waals surface area contributed by atoms with Crippen LogP contribution in [0.15, 0.2) is 97.3 Å². The van der Waals surface area contributed by atoms with Crippen LogP contribution in [0, 0.1) is 0 Å². The number of nitrogens with zero attached hydrogens (tertiary/aromatic N) is 2. The number of pyridine rings is 1. The highest BCUT2D eigenvalue weighted by atomic mass is 16.2. The van der Waals surface area contributed by atoms with Crippen LogP contribution in [0.4, 0.5) is 11.4 Å². The van der Waals surface area contributed by atoms with Gasteiger partial charge in [-0.05, 0) is 53.1 Å². The standard InChI is InChI=1S/C28H26N4O2/c1-32(2)26-15-14-24(17-25(26)28(34)30-19-20-7-6-16-29-18-20)31-27(33)23-12-10-22(11-13-23)21-8-4-3-5-9-21/h3-18H,19H2,1-2H3,(H,30,34)(H,31,33). The topological polar surface area (TPSA) is 74.3 Å². The van der Waals surface area contributed by atoms with Crippen LogP contribution in [-0.2, 0) is 6.54 Å². The Morgan fingerprint density at radius 3 is 2.24 bits per heavy atom. The van der Waals surface area contributed by atoms with E-state index in [9.17, 15) is 9.59 Å². The van der Waals surface area contributed by atoms with Crippen LogP contribution in [-0.4, -0.2) is 30.9 Å².